The number of fused-ring (bicyclic) bond motifs is 1. The fraction of sp³-hybridized carbons (Fsp3) is 0.333. The van der Waals surface area contributed by atoms with Crippen LogP contribution in [0, 0.1) is 0 Å². The Kier molecular flexibility index (Phi) is 2.43. The van der Waals surface area contributed by atoms with E-state index >= 15 is 0 Å². The lowest BCUT2D eigenvalue weighted by Crippen LogP contribution is -2.40. The third kappa shape index (κ3) is 1.70. The molecule has 5 nitrogen and oxygen atoms in total. The van der Waals surface area contributed by atoms with Crippen molar-refractivity contribution in [3.8, 4) is 0 Å². The van der Waals surface area contributed by atoms with Crippen LogP contribution in [0.1, 0.15) is 6.42 Å². The molecule has 2 N–H and O–H groups in total. The second-order valence-electron chi connectivity index (χ2n) is 4.37. The highest BCUT2D eigenvalue weighted by molar-refractivity contribution is 5.84. The van der Waals surface area contributed by atoms with Gasteiger partial charge in [0.2, 0.25) is 5.91 Å². The van der Waals surface area contributed by atoms with Crippen molar-refractivity contribution in [1.29, 1.82) is 0 Å². The molecule has 1 aliphatic heterocycles. The lowest BCUT2D eigenvalue weighted by atomic mass is 10.2. The Morgan fingerprint density at radius 1 is 1.50 bits per heavy atom. The van der Waals surface area contributed by atoms with Crippen LogP contribution in [0.3, 0.4) is 0 Å². The van der Waals surface area contributed by atoms with Gasteiger partial charge < -0.3 is 15.1 Å². The van der Waals surface area contributed by atoms with Crippen LogP contribution < -0.4 is 10.6 Å². The molecule has 0 bridgehead atoms. The van der Waals surface area contributed by atoms with Gasteiger partial charge in [-0.3, -0.25) is 4.79 Å². The number of hydrogen-bond acceptors (Lipinski definition) is 4. The summed E-state index contributed by atoms with van der Waals surface area (Å²) in [6.45, 7) is 0.0838. The van der Waals surface area contributed by atoms with Gasteiger partial charge in [-0.15, -0.1) is 0 Å². The highest BCUT2D eigenvalue weighted by Gasteiger charge is 2.38. The van der Waals surface area contributed by atoms with Crippen molar-refractivity contribution in [3.63, 3.8) is 0 Å². The van der Waals surface area contributed by atoms with Gasteiger partial charge in [-0.1, -0.05) is 12.1 Å². The summed E-state index contributed by atoms with van der Waals surface area (Å²) in [7, 11) is 0. The first kappa shape index (κ1) is 11.0. The summed E-state index contributed by atoms with van der Waals surface area (Å²) in [6, 6.07) is 6.79. The maximum atomic E-state index is 13.4. The van der Waals surface area contributed by atoms with E-state index in [2.05, 4.69) is 4.98 Å². The Morgan fingerprint density at radius 2 is 2.28 bits per heavy atom. The molecule has 1 saturated heterocycles. The van der Waals surface area contributed by atoms with Crippen LogP contribution in [0.2, 0.25) is 0 Å². The van der Waals surface area contributed by atoms with Gasteiger partial charge in [-0.2, -0.15) is 4.98 Å². The van der Waals surface area contributed by atoms with Gasteiger partial charge in [-0.05, 0) is 12.1 Å². The standard InChI is InChI=1S/C12H12FN3O2/c13-7-5-9(11(14)17)16(6-7)12-15-8-3-1-2-4-10(8)18-12/h1-4,7,9H,5-6H2,(H2,14,17)/t7-,9+/m1/s1. The molecule has 2 atom stereocenters. The van der Waals surface area contributed by atoms with E-state index in [1.54, 1.807) is 12.1 Å². The smallest absolute Gasteiger partial charge is 0.299 e. The average molecular weight is 249 g/mol. The zero-order valence-electron chi connectivity index (χ0n) is 9.54. The number of amides is 1. The Hall–Kier alpha value is -2.11. The van der Waals surface area contributed by atoms with Crippen molar-refractivity contribution in [3.05, 3.63) is 24.3 Å². The number of para-hydroxylation sites is 2. The van der Waals surface area contributed by atoms with E-state index < -0.39 is 18.1 Å². The van der Waals surface area contributed by atoms with Crippen molar-refractivity contribution in [2.45, 2.75) is 18.6 Å². The minimum absolute atomic E-state index is 0.0838. The molecule has 2 aromatic rings. The molecule has 6 heteroatoms. The Morgan fingerprint density at radius 3 is 3.00 bits per heavy atom. The Balaban J connectivity index is 2.00. The molecular weight excluding hydrogens is 237 g/mol. The van der Waals surface area contributed by atoms with E-state index in [1.165, 1.54) is 4.90 Å². The van der Waals surface area contributed by atoms with E-state index in [4.69, 9.17) is 10.2 Å². The minimum atomic E-state index is -1.09. The first-order chi connectivity index (χ1) is 8.65. The van der Waals surface area contributed by atoms with E-state index in [9.17, 15) is 9.18 Å². The second-order valence-corrected chi connectivity index (χ2v) is 4.37. The fourth-order valence-corrected chi connectivity index (χ4v) is 2.25. The van der Waals surface area contributed by atoms with Gasteiger partial charge in [-0.25, -0.2) is 4.39 Å². The number of anilines is 1. The molecule has 94 valence electrons. The number of nitrogens with two attached hydrogens (primary N) is 1. The van der Waals surface area contributed by atoms with E-state index in [1.807, 2.05) is 12.1 Å². The van der Waals surface area contributed by atoms with Crippen LogP contribution in [0.4, 0.5) is 10.4 Å². The van der Waals surface area contributed by atoms with Crippen LogP contribution in [0.15, 0.2) is 28.7 Å². The predicted molar refractivity (Wildman–Crippen MR) is 63.9 cm³/mol. The molecule has 0 unspecified atom stereocenters. The summed E-state index contributed by atoms with van der Waals surface area (Å²) < 4.78 is 18.9. The summed E-state index contributed by atoms with van der Waals surface area (Å²) in [5, 5.41) is 0. The first-order valence-corrected chi connectivity index (χ1v) is 5.71. The Bertz CT molecular complexity index is 565. The van der Waals surface area contributed by atoms with E-state index in [-0.39, 0.29) is 19.0 Å². The number of aromatic nitrogens is 1. The highest BCUT2D eigenvalue weighted by atomic mass is 19.1. The number of carbonyl (C=O) groups is 1. The third-order valence-electron chi connectivity index (χ3n) is 3.11. The van der Waals surface area contributed by atoms with Crippen molar-refractivity contribution >= 4 is 23.0 Å². The molecule has 0 aliphatic carbocycles. The number of hydrogen-bond donors (Lipinski definition) is 1. The van der Waals surface area contributed by atoms with Gasteiger partial charge in [0.05, 0.1) is 6.54 Å². The number of primary amides is 1. The maximum Gasteiger partial charge on any atom is 0.299 e. The summed E-state index contributed by atoms with van der Waals surface area (Å²) in [4.78, 5) is 17.0. The normalized spacial score (nSPS) is 23.7. The topological polar surface area (TPSA) is 72.4 Å². The SMILES string of the molecule is NC(=O)[C@@H]1C[C@@H](F)CN1c1nc2ccccc2o1. The zero-order chi connectivity index (χ0) is 12.7. The van der Waals surface area contributed by atoms with E-state index in [0.29, 0.717) is 11.1 Å². The number of carbonyl (C=O) groups excluding carboxylic acids is 1. The summed E-state index contributed by atoms with van der Waals surface area (Å²) in [6.07, 6.45) is -0.994. The molecule has 0 spiro atoms. The summed E-state index contributed by atoms with van der Waals surface area (Å²) in [5.41, 5.74) is 6.55. The van der Waals surface area contributed by atoms with Gasteiger partial charge in [0.15, 0.2) is 5.58 Å². The van der Waals surface area contributed by atoms with Crippen LogP contribution in [0.25, 0.3) is 11.1 Å². The molecular formula is C12H12FN3O2. The average Bonchev–Trinajstić information content (AvgIpc) is 2.91. The molecule has 3 rings (SSSR count). The highest BCUT2D eigenvalue weighted by Crippen LogP contribution is 2.29. The van der Waals surface area contributed by atoms with Crippen LogP contribution in [0.5, 0.6) is 0 Å². The number of nitrogens with zero attached hydrogens (tertiary/aromatic N) is 2. The van der Waals surface area contributed by atoms with Crippen LogP contribution >= 0.6 is 0 Å². The van der Waals surface area contributed by atoms with Gasteiger partial charge in [0, 0.05) is 6.42 Å². The monoisotopic (exact) mass is 249 g/mol. The lowest BCUT2D eigenvalue weighted by Gasteiger charge is -2.18. The van der Waals surface area contributed by atoms with Gasteiger partial charge in [0.1, 0.15) is 17.7 Å². The number of benzene rings is 1. The minimum Gasteiger partial charge on any atom is -0.423 e. The molecule has 0 radical (unpaired) electrons. The van der Waals surface area contributed by atoms with Gasteiger partial charge >= 0.3 is 0 Å². The molecule has 18 heavy (non-hydrogen) atoms. The quantitative estimate of drug-likeness (QED) is 0.868. The first-order valence-electron chi connectivity index (χ1n) is 5.71. The molecule has 1 aliphatic rings. The molecule has 1 amide bonds. The van der Waals surface area contributed by atoms with Crippen molar-refractivity contribution < 1.29 is 13.6 Å². The largest absolute Gasteiger partial charge is 0.423 e. The van der Waals surface area contributed by atoms with Crippen LogP contribution in [-0.4, -0.2) is 29.6 Å². The molecule has 1 aromatic carbocycles. The number of oxazole rings is 1. The number of halogens is 1. The molecule has 1 fully saturated rings. The fourth-order valence-electron chi connectivity index (χ4n) is 2.25. The van der Waals surface area contributed by atoms with E-state index in [0.717, 1.165) is 0 Å². The molecule has 2 heterocycles. The number of alkyl halides is 1. The predicted octanol–water partition coefficient (Wildman–Crippen LogP) is 1.23. The van der Waals surface area contributed by atoms with Crippen LogP contribution in [-0.2, 0) is 4.79 Å². The Labute approximate surface area is 102 Å². The molecule has 0 saturated carbocycles. The van der Waals surface area contributed by atoms with Crippen molar-refractivity contribution in [2.75, 3.05) is 11.4 Å². The summed E-state index contributed by atoms with van der Waals surface area (Å²) in [5.74, 6) is -0.558. The number of rotatable bonds is 2. The second kappa shape index (κ2) is 3.97. The van der Waals surface area contributed by atoms with Crippen molar-refractivity contribution in [2.24, 2.45) is 5.73 Å². The van der Waals surface area contributed by atoms with Gasteiger partial charge in [0.25, 0.3) is 6.01 Å². The lowest BCUT2D eigenvalue weighted by molar-refractivity contribution is -0.119. The maximum absolute atomic E-state index is 13.4. The van der Waals surface area contributed by atoms with Crippen molar-refractivity contribution in [1.82, 2.24) is 4.98 Å². The zero-order valence-corrected chi connectivity index (χ0v) is 9.54. The third-order valence-corrected chi connectivity index (χ3v) is 3.11. The summed E-state index contributed by atoms with van der Waals surface area (Å²) >= 11 is 0. The molecule has 1 aromatic heterocycles.